The number of carbonyl (C=O) groups is 1. The van der Waals surface area contributed by atoms with E-state index in [-0.39, 0.29) is 5.56 Å². The SMILES string of the molecule is Cc1nc(Cl)c2ccc(C(=O)O)cn12. The first-order chi connectivity index (χ1) is 6.59. The monoisotopic (exact) mass is 210 g/mol. The average molecular weight is 211 g/mol. The molecule has 2 heterocycles. The summed E-state index contributed by atoms with van der Waals surface area (Å²) < 4.78 is 1.66. The number of imidazole rings is 1. The van der Waals surface area contributed by atoms with Crippen molar-refractivity contribution in [3.8, 4) is 0 Å². The number of aromatic carboxylic acids is 1. The number of hydrogen-bond acceptors (Lipinski definition) is 2. The van der Waals surface area contributed by atoms with E-state index < -0.39 is 5.97 Å². The van der Waals surface area contributed by atoms with Crippen molar-refractivity contribution in [1.82, 2.24) is 9.38 Å². The Morgan fingerprint density at radius 2 is 2.29 bits per heavy atom. The van der Waals surface area contributed by atoms with Crippen molar-refractivity contribution < 1.29 is 9.90 Å². The van der Waals surface area contributed by atoms with Crippen molar-refractivity contribution in [2.24, 2.45) is 0 Å². The van der Waals surface area contributed by atoms with Gasteiger partial charge >= 0.3 is 5.97 Å². The third-order valence-corrected chi connectivity index (χ3v) is 2.29. The van der Waals surface area contributed by atoms with Crippen molar-refractivity contribution in [2.45, 2.75) is 6.92 Å². The zero-order chi connectivity index (χ0) is 10.3. The molecule has 0 bridgehead atoms. The second kappa shape index (κ2) is 2.99. The number of carboxylic acids is 1. The first-order valence-electron chi connectivity index (χ1n) is 3.97. The van der Waals surface area contributed by atoms with Crippen LogP contribution in [0.15, 0.2) is 18.3 Å². The van der Waals surface area contributed by atoms with E-state index in [9.17, 15) is 4.79 Å². The van der Waals surface area contributed by atoms with E-state index in [0.29, 0.717) is 16.5 Å². The molecule has 14 heavy (non-hydrogen) atoms. The topological polar surface area (TPSA) is 54.6 Å². The molecule has 4 nitrogen and oxygen atoms in total. The molecule has 0 fully saturated rings. The molecule has 2 rings (SSSR count). The van der Waals surface area contributed by atoms with E-state index in [1.165, 1.54) is 12.3 Å². The quantitative estimate of drug-likeness (QED) is 0.783. The van der Waals surface area contributed by atoms with Crippen molar-refractivity contribution in [2.75, 3.05) is 0 Å². The lowest BCUT2D eigenvalue weighted by atomic mass is 10.3. The highest BCUT2D eigenvalue weighted by atomic mass is 35.5. The Hall–Kier alpha value is -1.55. The maximum Gasteiger partial charge on any atom is 0.337 e. The van der Waals surface area contributed by atoms with Crippen LogP contribution in [0.3, 0.4) is 0 Å². The molecule has 72 valence electrons. The summed E-state index contributed by atoms with van der Waals surface area (Å²) >= 11 is 5.83. The van der Waals surface area contributed by atoms with Gasteiger partial charge in [0, 0.05) is 6.20 Å². The van der Waals surface area contributed by atoms with E-state index in [4.69, 9.17) is 16.7 Å². The smallest absolute Gasteiger partial charge is 0.337 e. The molecule has 0 aliphatic carbocycles. The fourth-order valence-electron chi connectivity index (χ4n) is 1.32. The fraction of sp³-hybridized carbons (Fsp3) is 0.111. The Balaban J connectivity index is 2.77. The summed E-state index contributed by atoms with van der Waals surface area (Å²) in [5.74, 6) is -0.288. The predicted molar refractivity (Wildman–Crippen MR) is 51.9 cm³/mol. The van der Waals surface area contributed by atoms with Crippen LogP contribution in [0.5, 0.6) is 0 Å². The summed E-state index contributed by atoms with van der Waals surface area (Å²) in [7, 11) is 0. The van der Waals surface area contributed by atoms with E-state index in [1.54, 1.807) is 17.4 Å². The lowest BCUT2D eigenvalue weighted by Gasteiger charge is -1.98. The first kappa shape index (κ1) is 9.02. The number of aryl methyl sites for hydroxylation is 1. The molecule has 0 aliphatic rings. The third-order valence-electron chi connectivity index (χ3n) is 2.02. The van der Waals surface area contributed by atoms with Gasteiger partial charge in [-0.2, -0.15) is 0 Å². The van der Waals surface area contributed by atoms with Gasteiger partial charge in [0.25, 0.3) is 0 Å². The summed E-state index contributed by atoms with van der Waals surface area (Å²) in [5.41, 5.74) is 0.934. The Morgan fingerprint density at radius 3 is 2.93 bits per heavy atom. The number of fused-ring (bicyclic) bond motifs is 1. The fourth-order valence-corrected chi connectivity index (χ4v) is 1.59. The summed E-state index contributed by atoms with van der Waals surface area (Å²) in [6.07, 6.45) is 1.51. The zero-order valence-corrected chi connectivity index (χ0v) is 8.12. The molecule has 0 spiro atoms. The summed E-state index contributed by atoms with van der Waals surface area (Å²) in [6.45, 7) is 1.77. The normalized spacial score (nSPS) is 10.7. The van der Waals surface area contributed by atoms with Crippen LogP contribution in [-0.4, -0.2) is 20.5 Å². The van der Waals surface area contributed by atoms with Gasteiger partial charge in [-0.15, -0.1) is 0 Å². The molecule has 0 unspecified atom stereocenters. The van der Waals surface area contributed by atoms with Gasteiger partial charge in [-0.3, -0.25) is 0 Å². The van der Waals surface area contributed by atoms with Crippen LogP contribution in [0.4, 0.5) is 0 Å². The number of carboxylic acid groups (broad SMARTS) is 1. The van der Waals surface area contributed by atoms with Crippen LogP contribution in [0.1, 0.15) is 16.2 Å². The van der Waals surface area contributed by atoms with Crippen LogP contribution in [0.25, 0.3) is 5.52 Å². The van der Waals surface area contributed by atoms with Gasteiger partial charge in [0.05, 0.1) is 11.1 Å². The van der Waals surface area contributed by atoms with E-state index in [2.05, 4.69) is 4.98 Å². The van der Waals surface area contributed by atoms with Gasteiger partial charge in [-0.25, -0.2) is 9.78 Å². The molecule has 0 atom stereocenters. The van der Waals surface area contributed by atoms with Crippen molar-refractivity contribution in [3.05, 3.63) is 34.9 Å². The molecule has 0 radical (unpaired) electrons. The molecule has 0 amide bonds. The van der Waals surface area contributed by atoms with Crippen molar-refractivity contribution in [1.29, 1.82) is 0 Å². The second-order valence-electron chi connectivity index (χ2n) is 2.93. The minimum atomic E-state index is -0.962. The minimum absolute atomic E-state index is 0.217. The molecule has 0 saturated heterocycles. The van der Waals surface area contributed by atoms with Gasteiger partial charge in [-0.1, -0.05) is 11.6 Å². The van der Waals surface area contributed by atoms with Gasteiger partial charge in [0.15, 0.2) is 5.15 Å². The van der Waals surface area contributed by atoms with Gasteiger partial charge in [0.1, 0.15) is 5.82 Å². The zero-order valence-electron chi connectivity index (χ0n) is 7.36. The highest BCUT2D eigenvalue weighted by molar-refractivity contribution is 6.32. The molecule has 2 aromatic rings. The van der Waals surface area contributed by atoms with Crippen LogP contribution in [0, 0.1) is 6.92 Å². The Kier molecular flexibility index (Phi) is 1.93. The number of halogens is 1. The number of hydrogen-bond donors (Lipinski definition) is 1. The first-order valence-corrected chi connectivity index (χ1v) is 4.35. The van der Waals surface area contributed by atoms with Gasteiger partial charge < -0.3 is 9.51 Å². The molecule has 2 aromatic heterocycles. The summed E-state index contributed by atoms with van der Waals surface area (Å²) in [6, 6.07) is 3.15. The van der Waals surface area contributed by atoms with Crippen LogP contribution >= 0.6 is 11.6 Å². The van der Waals surface area contributed by atoms with Crippen molar-refractivity contribution >= 4 is 23.1 Å². The predicted octanol–water partition coefficient (Wildman–Crippen LogP) is 1.99. The summed E-state index contributed by atoms with van der Waals surface area (Å²) in [4.78, 5) is 14.7. The lowest BCUT2D eigenvalue weighted by molar-refractivity contribution is 0.0696. The number of pyridine rings is 1. The molecule has 1 N–H and O–H groups in total. The molecule has 5 heteroatoms. The Labute approximate surface area is 84.8 Å². The van der Waals surface area contributed by atoms with Crippen LogP contribution in [0.2, 0.25) is 5.15 Å². The van der Waals surface area contributed by atoms with E-state index >= 15 is 0 Å². The maximum atomic E-state index is 10.7. The van der Waals surface area contributed by atoms with Crippen molar-refractivity contribution in [3.63, 3.8) is 0 Å². The molecular weight excluding hydrogens is 204 g/mol. The van der Waals surface area contributed by atoms with Gasteiger partial charge in [0.2, 0.25) is 0 Å². The number of aromatic nitrogens is 2. The minimum Gasteiger partial charge on any atom is -0.478 e. The van der Waals surface area contributed by atoms with E-state index in [1.807, 2.05) is 0 Å². The Morgan fingerprint density at radius 1 is 1.57 bits per heavy atom. The molecular formula is C9H7ClN2O2. The molecule has 0 aromatic carbocycles. The maximum absolute atomic E-state index is 10.7. The average Bonchev–Trinajstić information content (AvgIpc) is 2.42. The van der Waals surface area contributed by atoms with Crippen LogP contribution in [-0.2, 0) is 0 Å². The molecule has 0 saturated carbocycles. The standard InChI is InChI=1S/C9H7ClN2O2/c1-5-11-8(10)7-3-2-6(9(13)14)4-12(5)7/h2-4H,1H3,(H,13,14). The third kappa shape index (κ3) is 1.24. The van der Waals surface area contributed by atoms with E-state index in [0.717, 1.165) is 0 Å². The second-order valence-corrected chi connectivity index (χ2v) is 3.29. The summed E-state index contributed by atoms with van der Waals surface area (Å²) in [5, 5.41) is 9.16. The van der Waals surface area contributed by atoms with Crippen LogP contribution < -0.4 is 0 Å². The highest BCUT2D eigenvalue weighted by Crippen LogP contribution is 2.18. The lowest BCUT2D eigenvalue weighted by Crippen LogP contribution is -1.99. The molecule has 0 aliphatic heterocycles. The number of rotatable bonds is 1. The number of nitrogens with zero attached hydrogens (tertiary/aromatic N) is 2. The Bertz CT molecular complexity index is 519. The van der Waals surface area contributed by atoms with Gasteiger partial charge in [-0.05, 0) is 19.1 Å². The largest absolute Gasteiger partial charge is 0.478 e. The highest BCUT2D eigenvalue weighted by Gasteiger charge is 2.08.